The van der Waals surface area contributed by atoms with Gasteiger partial charge in [0.2, 0.25) is 0 Å². The van der Waals surface area contributed by atoms with E-state index in [1.807, 2.05) is 38.1 Å². The lowest BCUT2D eigenvalue weighted by atomic mass is 10.1. The topological polar surface area (TPSA) is 79.3 Å². The summed E-state index contributed by atoms with van der Waals surface area (Å²) in [6.45, 7) is 17.8. The molecule has 1 aromatic carbocycles. The number of amides is 1. The van der Waals surface area contributed by atoms with Crippen molar-refractivity contribution >= 4 is 17.7 Å². The zero-order valence-corrected chi connectivity index (χ0v) is 20.7. The van der Waals surface area contributed by atoms with Gasteiger partial charge < -0.3 is 15.4 Å². The highest BCUT2D eigenvalue weighted by atomic mass is 16.5. The Morgan fingerprint density at radius 3 is 2.13 bits per heavy atom. The monoisotopic (exact) mass is 429 g/mol. The Bertz CT molecular complexity index is 689. The summed E-state index contributed by atoms with van der Waals surface area (Å²) in [6.07, 6.45) is 6.46. The number of benzene rings is 1. The summed E-state index contributed by atoms with van der Waals surface area (Å²) in [7, 11) is 0. The molecule has 1 saturated heterocycles. The second-order valence-corrected chi connectivity index (χ2v) is 8.82. The fourth-order valence-electron chi connectivity index (χ4n) is 2.86. The summed E-state index contributed by atoms with van der Waals surface area (Å²) in [6, 6.07) is 9.66. The van der Waals surface area contributed by atoms with Crippen LogP contribution in [0.15, 0.2) is 29.8 Å². The molecule has 0 atom stereocenters. The lowest BCUT2D eigenvalue weighted by Gasteiger charge is -2.28. The highest BCUT2D eigenvalue weighted by molar-refractivity contribution is 6.00. The van der Waals surface area contributed by atoms with Gasteiger partial charge in [-0.3, -0.25) is 4.79 Å². The van der Waals surface area contributed by atoms with Gasteiger partial charge >= 0.3 is 0 Å². The van der Waals surface area contributed by atoms with Crippen molar-refractivity contribution in [2.45, 2.75) is 79.8 Å². The molecule has 31 heavy (non-hydrogen) atoms. The molecule has 1 aliphatic heterocycles. The third-order valence-electron chi connectivity index (χ3n) is 4.54. The van der Waals surface area contributed by atoms with Crippen LogP contribution in [0.4, 0.5) is 5.69 Å². The zero-order valence-electron chi connectivity index (χ0n) is 20.7. The molecule has 0 spiro atoms. The Hall–Kier alpha value is -2.32. The van der Waals surface area contributed by atoms with Crippen LogP contribution in [0.5, 0.6) is 0 Å². The third-order valence-corrected chi connectivity index (χ3v) is 4.54. The van der Waals surface area contributed by atoms with E-state index in [2.05, 4.69) is 39.5 Å². The van der Waals surface area contributed by atoms with Crippen LogP contribution in [0, 0.1) is 17.2 Å². The summed E-state index contributed by atoms with van der Waals surface area (Å²) in [5, 5.41) is 8.79. The minimum Gasteiger partial charge on any atom is -0.376 e. The molecule has 0 unspecified atom stereocenters. The molecular formula is C26H43N3O2. The predicted octanol–water partition coefficient (Wildman–Crippen LogP) is 5.94. The van der Waals surface area contributed by atoms with E-state index < -0.39 is 5.91 Å². The summed E-state index contributed by atoms with van der Waals surface area (Å²) in [5.41, 5.74) is 7.12. The van der Waals surface area contributed by atoms with Crippen LogP contribution in [0.1, 0.15) is 79.7 Å². The van der Waals surface area contributed by atoms with Crippen LogP contribution in [-0.4, -0.2) is 31.2 Å². The van der Waals surface area contributed by atoms with Crippen LogP contribution >= 0.6 is 0 Å². The molecule has 0 aromatic heterocycles. The standard InChI is InChI=1S/C15H17N3O.C9H20O.C2H6/c16-11-13(15(17)19)10-12-4-6-14(7-5-12)18-8-2-1-3-9-18;1-8(2)6-7-10-9(3,4)5;1-2/h4-7,10H,1-3,8-9H2,(H2,17,19);8H,6-7H2,1-5H3;1-2H3/b13-10+;;. The Morgan fingerprint density at radius 1 is 1.16 bits per heavy atom. The number of rotatable bonds is 6. The normalized spacial score (nSPS) is 14.0. The van der Waals surface area contributed by atoms with Crippen LogP contribution in [-0.2, 0) is 9.53 Å². The van der Waals surface area contributed by atoms with Gasteiger partial charge in [-0.05, 0) is 76.1 Å². The second kappa shape index (κ2) is 15.5. The molecule has 2 N–H and O–H groups in total. The number of carbonyl (C=O) groups excluding carboxylic acids is 1. The fraction of sp³-hybridized carbons (Fsp3) is 0.615. The van der Waals surface area contributed by atoms with Crippen LogP contribution in [0.3, 0.4) is 0 Å². The molecule has 0 saturated carbocycles. The van der Waals surface area contributed by atoms with Crippen molar-refractivity contribution in [3.63, 3.8) is 0 Å². The van der Waals surface area contributed by atoms with E-state index in [1.165, 1.54) is 31.0 Å². The highest BCUT2D eigenvalue weighted by Gasteiger charge is 2.11. The van der Waals surface area contributed by atoms with Gasteiger partial charge in [0.05, 0.1) is 5.60 Å². The summed E-state index contributed by atoms with van der Waals surface area (Å²) >= 11 is 0. The Labute approximate surface area is 190 Å². The lowest BCUT2D eigenvalue weighted by Crippen LogP contribution is -2.29. The third kappa shape index (κ3) is 13.6. The molecule has 5 heteroatoms. The number of ether oxygens (including phenoxy) is 1. The molecule has 0 aliphatic carbocycles. The van der Waals surface area contributed by atoms with Gasteiger partial charge in [0.1, 0.15) is 11.6 Å². The lowest BCUT2D eigenvalue weighted by molar-refractivity contribution is -0.114. The summed E-state index contributed by atoms with van der Waals surface area (Å²) in [4.78, 5) is 13.3. The van der Waals surface area contributed by atoms with Crippen molar-refractivity contribution in [2.75, 3.05) is 24.6 Å². The Balaban J connectivity index is 0.000000639. The van der Waals surface area contributed by atoms with Crippen molar-refractivity contribution in [3.05, 3.63) is 35.4 Å². The number of piperidine rings is 1. The van der Waals surface area contributed by atoms with Crippen LogP contribution in [0.2, 0.25) is 0 Å². The van der Waals surface area contributed by atoms with Crippen LogP contribution < -0.4 is 10.6 Å². The number of nitriles is 1. The predicted molar refractivity (Wildman–Crippen MR) is 132 cm³/mol. The smallest absolute Gasteiger partial charge is 0.259 e. The molecule has 1 fully saturated rings. The maximum absolute atomic E-state index is 11.0. The van der Waals surface area contributed by atoms with Gasteiger partial charge in [-0.15, -0.1) is 0 Å². The minimum atomic E-state index is -0.692. The highest BCUT2D eigenvalue weighted by Crippen LogP contribution is 2.21. The van der Waals surface area contributed by atoms with Crippen molar-refractivity contribution in [1.29, 1.82) is 5.26 Å². The first-order chi connectivity index (χ1) is 14.6. The number of carbonyl (C=O) groups is 1. The molecule has 1 aromatic rings. The van der Waals surface area contributed by atoms with E-state index in [9.17, 15) is 4.79 Å². The van der Waals surface area contributed by atoms with E-state index in [1.54, 1.807) is 6.07 Å². The molecule has 1 aliphatic rings. The Morgan fingerprint density at radius 2 is 1.71 bits per heavy atom. The van der Waals surface area contributed by atoms with Gasteiger partial charge in [-0.2, -0.15) is 5.26 Å². The first kappa shape index (κ1) is 28.7. The van der Waals surface area contributed by atoms with Gasteiger partial charge in [-0.1, -0.05) is 39.8 Å². The summed E-state index contributed by atoms with van der Waals surface area (Å²) < 4.78 is 5.54. The zero-order chi connectivity index (χ0) is 23.9. The number of hydrogen-bond donors (Lipinski definition) is 1. The van der Waals surface area contributed by atoms with E-state index in [-0.39, 0.29) is 11.2 Å². The van der Waals surface area contributed by atoms with Crippen molar-refractivity contribution in [2.24, 2.45) is 11.7 Å². The average Bonchev–Trinajstić information content (AvgIpc) is 2.73. The van der Waals surface area contributed by atoms with Crippen molar-refractivity contribution in [3.8, 4) is 6.07 Å². The van der Waals surface area contributed by atoms with Gasteiger partial charge in [0.25, 0.3) is 5.91 Å². The minimum absolute atomic E-state index is 0.0225. The van der Waals surface area contributed by atoms with E-state index in [0.29, 0.717) is 0 Å². The molecule has 1 heterocycles. The number of nitrogens with two attached hydrogens (primary N) is 1. The summed E-state index contributed by atoms with van der Waals surface area (Å²) in [5.74, 6) is 0.0601. The molecule has 174 valence electrons. The first-order valence-electron chi connectivity index (χ1n) is 11.5. The number of anilines is 1. The molecule has 5 nitrogen and oxygen atoms in total. The van der Waals surface area contributed by atoms with Crippen molar-refractivity contribution in [1.82, 2.24) is 0 Å². The second-order valence-electron chi connectivity index (χ2n) is 8.82. The number of primary amides is 1. The van der Waals surface area contributed by atoms with E-state index in [0.717, 1.165) is 37.6 Å². The van der Waals surface area contributed by atoms with E-state index >= 15 is 0 Å². The molecular weight excluding hydrogens is 386 g/mol. The molecule has 1 amide bonds. The number of hydrogen-bond acceptors (Lipinski definition) is 4. The van der Waals surface area contributed by atoms with Gasteiger partial charge in [-0.25, -0.2) is 0 Å². The Kier molecular flexibility index (Phi) is 14.3. The molecule has 2 rings (SSSR count). The quantitative estimate of drug-likeness (QED) is 0.448. The van der Waals surface area contributed by atoms with Gasteiger partial charge in [0, 0.05) is 25.4 Å². The maximum atomic E-state index is 11.0. The first-order valence-corrected chi connectivity index (χ1v) is 11.5. The molecule has 0 bridgehead atoms. The average molecular weight is 430 g/mol. The van der Waals surface area contributed by atoms with E-state index in [4.69, 9.17) is 15.7 Å². The molecule has 0 radical (unpaired) electrons. The maximum Gasteiger partial charge on any atom is 0.259 e. The SMILES string of the molecule is CC.CC(C)CCOC(C)(C)C.N#C/C(=C\c1ccc(N2CCCCC2)cc1)C(N)=O. The van der Waals surface area contributed by atoms with Crippen molar-refractivity contribution < 1.29 is 9.53 Å². The fourth-order valence-corrected chi connectivity index (χ4v) is 2.86. The largest absolute Gasteiger partial charge is 0.376 e. The van der Waals surface area contributed by atoms with Gasteiger partial charge in [0.15, 0.2) is 0 Å². The van der Waals surface area contributed by atoms with Crippen LogP contribution in [0.25, 0.3) is 6.08 Å². The number of nitrogens with zero attached hydrogens (tertiary/aromatic N) is 2.